The Morgan fingerprint density at radius 3 is 2.38 bits per heavy atom. The van der Waals surface area contributed by atoms with Crippen molar-refractivity contribution in [2.75, 3.05) is 12.9 Å². The standard InChI is InChI=1S/C9H18O3S/c1-6(9(11)12-4)5-13-8(3)7(2)10/h6-8,10H,5H2,1-4H3. The average molecular weight is 206 g/mol. The largest absolute Gasteiger partial charge is 0.469 e. The first-order chi connectivity index (χ1) is 5.99. The summed E-state index contributed by atoms with van der Waals surface area (Å²) in [6.07, 6.45) is -0.338. The second-order valence-corrected chi connectivity index (χ2v) is 4.61. The molecule has 3 atom stereocenters. The number of methoxy groups -OCH3 is 1. The van der Waals surface area contributed by atoms with Crippen molar-refractivity contribution in [2.24, 2.45) is 5.92 Å². The van der Waals surface area contributed by atoms with Gasteiger partial charge in [-0.1, -0.05) is 13.8 Å². The van der Waals surface area contributed by atoms with Crippen molar-refractivity contribution in [1.82, 2.24) is 0 Å². The maximum Gasteiger partial charge on any atom is 0.309 e. The Bertz CT molecular complexity index is 159. The zero-order chi connectivity index (χ0) is 10.4. The number of hydrogen-bond donors (Lipinski definition) is 1. The van der Waals surface area contributed by atoms with Gasteiger partial charge in [0.2, 0.25) is 0 Å². The fourth-order valence-corrected chi connectivity index (χ4v) is 1.71. The molecular formula is C9H18O3S. The van der Waals surface area contributed by atoms with Crippen LogP contribution in [-0.4, -0.2) is 35.3 Å². The van der Waals surface area contributed by atoms with Gasteiger partial charge in [0.05, 0.1) is 19.1 Å². The predicted octanol–water partition coefficient (Wildman–Crippen LogP) is 1.30. The predicted molar refractivity (Wildman–Crippen MR) is 54.8 cm³/mol. The number of rotatable bonds is 5. The van der Waals surface area contributed by atoms with Crippen LogP contribution in [0.15, 0.2) is 0 Å². The summed E-state index contributed by atoms with van der Waals surface area (Å²) in [6.45, 7) is 5.52. The van der Waals surface area contributed by atoms with E-state index in [0.29, 0.717) is 5.75 Å². The molecule has 0 heterocycles. The van der Waals surface area contributed by atoms with Crippen molar-refractivity contribution >= 4 is 17.7 Å². The van der Waals surface area contributed by atoms with Crippen LogP contribution in [0.4, 0.5) is 0 Å². The van der Waals surface area contributed by atoms with Crippen molar-refractivity contribution in [3.8, 4) is 0 Å². The van der Waals surface area contributed by atoms with Gasteiger partial charge in [-0.05, 0) is 6.92 Å². The first-order valence-corrected chi connectivity index (χ1v) is 5.41. The molecular weight excluding hydrogens is 188 g/mol. The van der Waals surface area contributed by atoms with E-state index in [4.69, 9.17) is 0 Å². The van der Waals surface area contributed by atoms with Gasteiger partial charge in [0.15, 0.2) is 0 Å². The fraction of sp³-hybridized carbons (Fsp3) is 0.889. The summed E-state index contributed by atoms with van der Waals surface area (Å²) in [5.74, 6) is 0.403. The average Bonchev–Trinajstić information content (AvgIpc) is 2.11. The molecule has 0 saturated carbocycles. The molecule has 0 fully saturated rings. The zero-order valence-corrected chi connectivity index (χ0v) is 9.43. The molecule has 0 radical (unpaired) electrons. The van der Waals surface area contributed by atoms with Crippen LogP contribution >= 0.6 is 11.8 Å². The lowest BCUT2D eigenvalue weighted by atomic mass is 10.2. The Morgan fingerprint density at radius 1 is 1.46 bits per heavy atom. The number of esters is 1. The molecule has 0 aromatic rings. The molecule has 3 unspecified atom stereocenters. The molecule has 0 bridgehead atoms. The topological polar surface area (TPSA) is 46.5 Å². The van der Waals surface area contributed by atoms with Crippen LogP contribution in [0.25, 0.3) is 0 Å². The molecule has 0 spiro atoms. The summed E-state index contributed by atoms with van der Waals surface area (Å²) >= 11 is 1.59. The molecule has 0 rings (SSSR count). The van der Waals surface area contributed by atoms with E-state index in [1.54, 1.807) is 18.7 Å². The molecule has 0 aliphatic rings. The fourth-order valence-electron chi connectivity index (χ4n) is 0.705. The molecule has 0 aromatic carbocycles. The van der Waals surface area contributed by atoms with Gasteiger partial charge < -0.3 is 9.84 Å². The van der Waals surface area contributed by atoms with Crippen molar-refractivity contribution in [3.63, 3.8) is 0 Å². The smallest absolute Gasteiger partial charge is 0.309 e. The first-order valence-electron chi connectivity index (χ1n) is 4.36. The van der Waals surface area contributed by atoms with Crippen molar-refractivity contribution in [1.29, 1.82) is 0 Å². The summed E-state index contributed by atoms with van der Waals surface area (Å²) in [5.41, 5.74) is 0. The van der Waals surface area contributed by atoms with Gasteiger partial charge in [0, 0.05) is 11.0 Å². The molecule has 0 aliphatic heterocycles. The van der Waals surface area contributed by atoms with Crippen molar-refractivity contribution < 1.29 is 14.6 Å². The summed E-state index contributed by atoms with van der Waals surface area (Å²) in [5, 5.41) is 9.35. The minimum Gasteiger partial charge on any atom is -0.469 e. The second-order valence-electron chi connectivity index (χ2n) is 3.20. The van der Waals surface area contributed by atoms with Crippen LogP contribution in [0.5, 0.6) is 0 Å². The van der Waals surface area contributed by atoms with Gasteiger partial charge >= 0.3 is 5.97 Å². The highest BCUT2D eigenvalue weighted by Crippen LogP contribution is 2.18. The maximum atomic E-state index is 11.0. The number of aliphatic hydroxyl groups is 1. The molecule has 0 aromatic heterocycles. The molecule has 78 valence electrons. The molecule has 0 saturated heterocycles. The maximum absolute atomic E-state index is 11.0. The van der Waals surface area contributed by atoms with E-state index in [-0.39, 0.29) is 23.2 Å². The molecule has 13 heavy (non-hydrogen) atoms. The molecule has 3 nitrogen and oxygen atoms in total. The highest BCUT2D eigenvalue weighted by atomic mass is 32.2. The van der Waals surface area contributed by atoms with Crippen molar-refractivity contribution in [3.05, 3.63) is 0 Å². The number of hydrogen-bond acceptors (Lipinski definition) is 4. The summed E-state index contributed by atoms with van der Waals surface area (Å²) < 4.78 is 4.59. The number of carbonyl (C=O) groups excluding carboxylic acids is 1. The van der Waals surface area contributed by atoms with Gasteiger partial charge in [-0.25, -0.2) is 0 Å². The lowest BCUT2D eigenvalue weighted by Crippen LogP contribution is -2.20. The Balaban J connectivity index is 3.69. The minimum absolute atomic E-state index is 0.101. The summed E-state index contributed by atoms with van der Waals surface area (Å²) in [6, 6.07) is 0. The molecule has 1 N–H and O–H groups in total. The van der Waals surface area contributed by atoms with Gasteiger partial charge in [-0.3, -0.25) is 4.79 Å². The molecule has 0 amide bonds. The van der Waals surface area contributed by atoms with Crippen LogP contribution in [0.3, 0.4) is 0 Å². The second kappa shape index (κ2) is 6.27. The first kappa shape index (κ1) is 12.8. The van der Waals surface area contributed by atoms with Gasteiger partial charge in [0.25, 0.3) is 0 Å². The third kappa shape index (κ3) is 5.16. The highest BCUT2D eigenvalue weighted by Gasteiger charge is 2.16. The lowest BCUT2D eigenvalue weighted by molar-refractivity contribution is -0.144. The van der Waals surface area contributed by atoms with E-state index in [0.717, 1.165) is 0 Å². The monoisotopic (exact) mass is 206 g/mol. The number of ether oxygens (including phenoxy) is 1. The third-order valence-corrected chi connectivity index (χ3v) is 3.50. The number of thioether (sulfide) groups is 1. The van der Waals surface area contributed by atoms with Crippen LogP contribution in [0, 0.1) is 5.92 Å². The SMILES string of the molecule is COC(=O)C(C)CSC(C)C(C)O. The normalized spacial score (nSPS) is 17.6. The quantitative estimate of drug-likeness (QED) is 0.689. The lowest BCUT2D eigenvalue weighted by Gasteiger charge is -2.16. The van der Waals surface area contributed by atoms with Crippen LogP contribution in [-0.2, 0) is 9.53 Å². The van der Waals surface area contributed by atoms with Gasteiger partial charge in [-0.2, -0.15) is 11.8 Å². The Hall–Kier alpha value is -0.220. The molecule has 0 aliphatic carbocycles. The third-order valence-electron chi connectivity index (χ3n) is 1.89. The van der Waals surface area contributed by atoms with E-state index >= 15 is 0 Å². The van der Waals surface area contributed by atoms with Crippen LogP contribution in [0.1, 0.15) is 20.8 Å². The van der Waals surface area contributed by atoms with E-state index in [2.05, 4.69) is 4.74 Å². The van der Waals surface area contributed by atoms with Crippen molar-refractivity contribution in [2.45, 2.75) is 32.1 Å². The van der Waals surface area contributed by atoms with Crippen LogP contribution < -0.4 is 0 Å². The van der Waals surface area contributed by atoms with Gasteiger partial charge in [0.1, 0.15) is 0 Å². The van der Waals surface area contributed by atoms with E-state index in [9.17, 15) is 9.90 Å². The van der Waals surface area contributed by atoms with E-state index in [1.165, 1.54) is 7.11 Å². The Kier molecular flexibility index (Phi) is 6.16. The summed E-state index contributed by atoms with van der Waals surface area (Å²) in [4.78, 5) is 11.0. The number of aliphatic hydroxyl groups excluding tert-OH is 1. The van der Waals surface area contributed by atoms with Gasteiger partial charge in [-0.15, -0.1) is 0 Å². The highest BCUT2D eigenvalue weighted by molar-refractivity contribution is 7.99. The van der Waals surface area contributed by atoms with E-state index < -0.39 is 0 Å². The van der Waals surface area contributed by atoms with Crippen LogP contribution in [0.2, 0.25) is 0 Å². The number of carbonyl (C=O) groups is 1. The summed E-state index contributed by atoms with van der Waals surface area (Å²) in [7, 11) is 1.39. The molecule has 4 heteroatoms. The Morgan fingerprint density at radius 2 is 2.00 bits per heavy atom. The van der Waals surface area contributed by atoms with E-state index in [1.807, 2.05) is 13.8 Å². The minimum atomic E-state index is -0.338. The zero-order valence-electron chi connectivity index (χ0n) is 8.61. The Labute approximate surface area is 83.9 Å².